The summed E-state index contributed by atoms with van der Waals surface area (Å²) < 4.78 is 39.7. The van der Waals surface area contributed by atoms with E-state index in [9.17, 15) is 27.6 Å². The van der Waals surface area contributed by atoms with Gasteiger partial charge in [0.15, 0.2) is 0 Å². The van der Waals surface area contributed by atoms with Gasteiger partial charge in [0, 0.05) is 31.3 Å². The van der Waals surface area contributed by atoms with Gasteiger partial charge in [-0.25, -0.2) is 9.78 Å². The van der Waals surface area contributed by atoms with Crippen molar-refractivity contribution in [1.82, 2.24) is 20.2 Å². The van der Waals surface area contributed by atoms with Gasteiger partial charge in [0.25, 0.3) is 5.91 Å². The number of nitrogens with zero attached hydrogens (tertiary/aromatic N) is 4. The van der Waals surface area contributed by atoms with Crippen molar-refractivity contribution in [2.45, 2.75) is 38.0 Å². The van der Waals surface area contributed by atoms with Crippen LogP contribution in [0.25, 0.3) is 0 Å². The first-order chi connectivity index (χ1) is 18.5. The lowest BCUT2D eigenvalue weighted by molar-refractivity contribution is -0.156. The van der Waals surface area contributed by atoms with E-state index >= 15 is 0 Å². The number of imide groups is 1. The van der Waals surface area contributed by atoms with E-state index in [2.05, 4.69) is 15.3 Å². The maximum absolute atomic E-state index is 13.6. The van der Waals surface area contributed by atoms with Crippen molar-refractivity contribution < 1.29 is 27.6 Å². The molecule has 0 aliphatic carbocycles. The lowest BCUT2D eigenvalue weighted by Gasteiger charge is -2.46. The first-order valence-corrected chi connectivity index (χ1v) is 12.2. The Morgan fingerprint density at radius 3 is 2.49 bits per heavy atom. The van der Waals surface area contributed by atoms with Crippen LogP contribution in [0.3, 0.4) is 0 Å². The fraction of sp³-hybridized carbons (Fsp3) is 0.296. The molecule has 1 fully saturated rings. The first kappa shape index (κ1) is 27.6. The predicted molar refractivity (Wildman–Crippen MR) is 137 cm³/mol. The second-order valence-corrected chi connectivity index (χ2v) is 9.19. The molecule has 1 saturated heterocycles. The molecule has 4 amide bonds. The molecular weight excluding hydrogens is 513 g/mol. The summed E-state index contributed by atoms with van der Waals surface area (Å²) in [5, 5.41) is 2.64. The number of hydrogen-bond donors (Lipinski definition) is 2. The number of nitrogens with one attached hydrogen (secondary N) is 1. The van der Waals surface area contributed by atoms with Crippen LogP contribution in [0.15, 0.2) is 67.1 Å². The molecule has 2 aromatic heterocycles. The van der Waals surface area contributed by atoms with Gasteiger partial charge in [-0.05, 0) is 60.4 Å². The van der Waals surface area contributed by atoms with E-state index in [0.717, 1.165) is 17.0 Å². The molecule has 204 valence electrons. The van der Waals surface area contributed by atoms with Crippen molar-refractivity contribution in [3.05, 3.63) is 83.8 Å². The Labute approximate surface area is 222 Å². The van der Waals surface area contributed by atoms with Gasteiger partial charge in [-0.2, -0.15) is 13.2 Å². The zero-order valence-corrected chi connectivity index (χ0v) is 21.2. The normalized spacial score (nSPS) is 17.8. The quantitative estimate of drug-likeness (QED) is 0.438. The molecule has 1 aliphatic heterocycles. The van der Waals surface area contributed by atoms with Gasteiger partial charge in [0.05, 0.1) is 17.5 Å². The summed E-state index contributed by atoms with van der Waals surface area (Å²) in [4.78, 5) is 50.2. The number of alkyl halides is 3. The molecule has 39 heavy (non-hydrogen) atoms. The van der Waals surface area contributed by atoms with Crippen molar-refractivity contribution in [1.29, 1.82) is 0 Å². The molecule has 0 spiro atoms. The number of likely N-dealkylation sites (tertiary alicyclic amines) is 1. The van der Waals surface area contributed by atoms with E-state index in [-0.39, 0.29) is 24.2 Å². The third kappa shape index (κ3) is 5.84. The van der Waals surface area contributed by atoms with E-state index in [1.54, 1.807) is 31.2 Å². The summed E-state index contributed by atoms with van der Waals surface area (Å²) >= 11 is 0. The summed E-state index contributed by atoms with van der Waals surface area (Å²) in [6.07, 6.45) is 0.343. The Kier molecular flexibility index (Phi) is 7.84. The van der Waals surface area contributed by atoms with Gasteiger partial charge in [-0.3, -0.25) is 19.5 Å². The number of β-lactam (4-membered cyclic amide) rings is 1. The van der Waals surface area contributed by atoms with Crippen LogP contribution >= 0.6 is 0 Å². The van der Waals surface area contributed by atoms with Crippen molar-refractivity contribution in [2.75, 3.05) is 17.7 Å². The predicted octanol–water partition coefficient (Wildman–Crippen LogP) is 3.97. The van der Waals surface area contributed by atoms with E-state index in [4.69, 9.17) is 5.73 Å². The maximum atomic E-state index is 13.6. The highest BCUT2D eigenvalue weighted by Crippen LogP contribution is 2.34. The molecule has 3 N–H and O–H groups in total. The van der Waals surface area contributed by atoms with Gasteiger partial charge >= 0.3 is 12.2 Å². The molecule has 9 nitrogen and oxygen atoms in total. The summed E-state index contributed by atoms with van der Waals surface area (Å²) in [5.41, 5.74) is 6.32. The summed E-state index contributed by atoms with van der Waals surface area (Å²) in [6, 6.07) is 8.28. The molecule has 0 bridgehead atoms. The highest BCUT2D eigenvalue weighted by molar-refractivity contribution is 6.12. The average Bonchev–Trinajstić information content (AvgIpc) is 2.92. The molecule has 1 aromatic carbocycles. The number of amides is 4. The number of urea groups is 1. The average molecular weight is 541 g/mol. The molecule has 1 aliphatic rings. The second kappa shape index (κ2) is 11.1. The third-order valence-corrected chi connectivity index (χ3v) is 6.69. The van der Waals surface area contributed by atoms with Crippen LogP contribution in [0.5, 0.6) is 0 Å². The number of halogens is 3. The highest BCUT2D eigenvalue weighted by atomic mass is 19.4. The fourth-order valence-corrected chi connectivity index (χ4v) is 4.60. The van der Waals surface area contributed by atoms with Gasteiger partial charge in [-0.1, -0.05) is 19.1 Å². The molecule has 12 heteroatoms. The fourth-order valence-electron chi connectivity index (χ4n) is 4.60. The number of aromatic nitrogens is 2. The standard InChI is InChI=1S/C27H27F3N6O3/c1-3-21(17-5-4-6-18(15-17)27(28,29)30)34-26(39)36-23(25(38)35(2)19-8-10-32-11-9-19)20(24(36)37)13-16-7-12-33-22(31)14-16/h4-12,14-15,20-21,23H,3,13H2,1-2H3,(H2,31,33)(H,34,39)/t20-,21-,23+/m1/s1. The number of carbonyl (C=O) groups excluding carboxylic acids is 3. The Bertz CT molecular complexity index is 1370. The smallest absolute Gasteiger partial charge is 0.384 e. The number of anilines is 2. The molecule has 3 heterocycles. The number of benzene rings is 1. The molecule has 0 saturated carbocycles. The summed E-state index contributed by atoms with van der Waals surface area (Å²) in [6.45, 7) is 1.69. The van der Waals surface area contributed by atoms with Crippen molar-refractivity contribution in [2.24, 2.45) is 5.92 Å². The van der Waals surface area contributed by atoms with Crippen molar-refractivity contribution in [3.63, 3.8) is 0 Å². The number of carbonyl (C=O) groups is 3. The third-order valence-electron chi connectivity index (χ3n) is 6.69. The zero-order valence-electron chi connectivity index (χ0n) is 21.2. The largest absolute Gasteiger partial charge is 0.416 e. The first-order valence-electron chi connectivity index (χ1n) is 12.2. The van der Waals surface area contributed by atoms with Crippen molar-refractivity contribution >= 4 is 29.4 Å². The molecule has 0 radical (unpaired) electrons. The lowest BCUT2D eigenvalue weighted by atomic mass is 9.81. The van der Waals surface area contributed by atoms with Crippen LogP contribution in [0.4, 0.5) is 29.5 Å². The maximum Gasteiger partial charge on any atom is 0.416 e. The van der Waals surface area contributed by atoms with E-state index in [1.807, 2.05) is 0 Å². The Hall–Kier alpha value is -4.48. The number of pyridine rings is 2. The Morgan fingerprint density at radius 2 is 1.85 bits per heavy atom. The summed E-state index contributed by atoms with van der Waals surface area (Å²) in [5.74, 6) is -1.70. The monoisotopic (exact) mass is 540 g/mol. The van der Waals surface area contributed by atoms with Gasteiger partial charge in [0.1, 0.15) is 11.9 Å². The van der Waals surface area contributed by atoms with E-state index in [0.29, 0.717) is 11.3 Å². The summed E-state index contributed by atoms with van der Waals surface area (Å²) in [7, 11) is 1.52. The minimum atomic E-state index is -4.55. The van der Waals surface area contributed by atoms with Gasteiger partial charge < -0.3 is 16.0 Å². The number of hydrogen-bond acceptors (Lipinski definition) is 6. The zero-order chi connectivity index (χ0) is 28.3. The number of nitrogens with two attached hydrogens (primary N) is 1. The van der Waals surface area contributed by atoms with Crippen LogP contribution in [0.1, 0.15) is 36.1 Å². The lowest BCUT2D eigenvalue weighted by Crippen LogP contribution is -2.70. The van der Waals surface area contributed by atoms with Crippen LogP contribution in [0.2, 0.25) is 0 Å². The van der Waals surface area contributed by atoms with Crippen molar-refractivity contribution in [3.8, 4) is 0 Å². The molecule has 3 aromatic rings. The Morgan fingerprint density at radius 1 is 1.13 bits per heavy atom. The molecule has 0 unspecified atom stereocenters. The molecular formula is C27H27F3N6O3. The van der Waals surface area contributed by atoms with Crippen LogP contribution in [0, 0.1) is 5.92 Å². The van der Waals surface area contributed by atoms with E-state index < -0.39 is 47.6 Å². The van der Waals surface area contributed by atoms with Gasteiger partial charge in [-0.15, -0.1) is 0 Å². The molecule has 3 atom stereocenters. The second-order valence-electron chi connectivity index (χ2n) is 9.19. The van der Waals surface area contributed by atoms with Crippen LogP contribution in [-0.2, 0) is 22.2 Å². The highest BCUT2D eigenvalue weighted by Gasteiger charge is 2.55. The topological polar surface area (TPSA) is 122 Å². The van der Waals surface area contributed by atoms with Crippen LogP contribution in [-0.4, -0.2) is 45.8 Å². The number of likely N-dealkylation sites (N-methyl/N-ethyl adjacent to an activating group) is 1. The van der Waals surface area contributed by atoms with Gasteiger partial charge in [0.2, 0.25) is 5.91 Å². The van der Waals surface area contributed by atoms with E-state index in [1.165, 1.54) is 42.7 Å². The molecule has 4 rings (SSSR count). The number of nitrogen functional groups attached to an aromatic ring is 1. The minimum Gasteiger partial charge on any atom is -0.384 e. The number of rotatable bonds is 7. The SMILES string of the molecule is CC[C@@H](NC(=O)N1C(=O)[C@H](Cc2ccnc(N)c2)[C@H]1C(=O)N(C)c1ccncc1)c1cccc(C(F)(F)F)c1. The minimum absolute atomic E-state index is 0.140. The van der Waals surface area contributed by atoms with Crippen LogP contribution < -0.4 is 16.0 Å². The Balaban J connectivity index is 1.60.